The number of carbonyl (C=O) groups is 2. The highest BCUT2D eigenvalue weighted by Gasteiger charge is 2.30. The van der Waals surface area contributed by atoms with E-state index in [1.54, 1.807) is 4.90 Å². The van der Waals surface area contributed by atoms with Gasteiger partial charge in [-0.1, -0.05) is 115 Å². The molecule has 0 fully saturated rings. The molecule has 4 aromatic rings. The monoisotopic (exact) mass is 570 g/mol. The molecule has 0 saturated carbocycles. The van der Waals surface area contributed by atoms with Gasteiger partial charge in [-0.2, -0.15) is 0 Å². The topological polar surface area (TPSA) is 49.4 Å². The van der Waals surface area contributed by atoms with Gasteiger partial charge in [0.1, 0.15) is 6.04 Å². The summed E-state index contributed by atoms with van der Waals surface area (Å²) in [6.45, 7) is 5.08. The molecule has 0 unspecified atom stereocenters. The molecule has 1 atom stereocenters. The Hall–Kier alpha value is -3.44. The van der Waals surface area contributed by atoms with E-state index in [4.69, 9.17) is 0 Å². The zero-order valence-electron chi connectivity index (χ0n) is 22.1. The molecule has 2 amide bonds. The van der Waals surface area contributed by atoms with Crippen molar-refractivity contribution in [2.75, 3.05) is 6.54 Å². The smallest absolute Gasteiger partial charge is 0.243 e. The lowest BCUT2D eigenvalue weighted by molar-refractivity contribution is -0.141. The Bertz CT molecular complexity index is 1350. The maximum atomic E-state index is 13.9. The lowest BCUT2D eigenvalue weighted by Crippen LogP contribution is -2.51. The first-order valence-electron chi connectivity index (χ1n) is 13.2. The maximum Gasteiger partial charge on any atom is 0.243 e. The molecule has 0 radical (unpaired) electrons. The van der Waals surface area contributed by atoms with Crippen LogP contribution in [0.5, 0.6) is 0 Å². The van der Waals surface area contributed by atoms with Gasteiger partial charge in [-0.25, -0.2) is 0 Å². The van der Waals surface area contributed by atoms with Gasteiger partial charge in [-0.15, -0.1) is 0 Å². The number of nitrogens with one attached hydrogen (secondary N) is 1. The number of benzene rings is 4. The molecule has 0 heterocycles. The first kappa shape index (κ1) is 27.6. The molecule has 1 N–H and O–H groups in total. The highest BCUT2D eigenvalue weighted by molar-refractivity contribution is 9.10. The van der Waals surface area contributed by atoms with E-state index in [-0.39, 0.29) is 11.8 Å². The fourth-order valence-electron chi connectivity index (χ4n) is 4.66. The van der Waals surface area contributed by atoms with E-state index in [1.807, 2.05) is 72.8 Å². The van der Waals surface area contributed by atoms with Crippen LogP contribution in [0, 0.1) is 5.92 Å². The van der Waals surface area contributed by atoms with Gasteiger partial charge in [0.05, 0.1) is 0 Å². The first-order chi connectivity index (χ1) is 18.4. The van der Waals surface area contributed by atoms with Crippen LogP contribution in [-0.4, -0.2) is 29.3 Å². The van der Waals surface area contributed by atoms with Crippen LogP contribution in [0.4, 0.5) is 0 Å². The zero-order valence-corrected chi connectivity index (χ0v) is 23.7. The number of hydrogen-bond acceptors (Lipinski definition) is 2. The summed E-state index contributed by atoms with van der Waals surface area (Å²) in [5.74, 6) is 0.179. The second-order valence-electron chi connectivity index (χ2n) is 10.1. The summed E-state index contributed by atoms with van der Waals surface area (Å²) in [6.07, 6.45) is 1.40. The molecule has 0 aliphatic carbocycles. The van der Waals surface area contributed by atoms with Crippen LogP contribution in [0.2, 0.25) is 0 Å². The Balaban J connectivity index is 1.63. The Morgan fingerprint density at radius 2 is 1.50 bits per heavy atom. The van der Waals surface area contributed by atoms with Gasteiger partial charge in [-0.05, 0) is 51.9 Å². The fraction of sp³-hybridized carbons (Fsp3) is 0.273. The highest BCUT2D eigenvalue weighted by atomic mass is 79.9. The summed E-state index contributed by atoms with van der Waals surface area (Å²) in [7, 11) is 0. The Morgan fingerprint density at radius 3 is 2.24 bits per heavy atom. The number of hydrogen-bond donors (Lipinski definition) is 1. The highest BCUT2D eigenvalue weighted by Crippen LogP contribution is 2.22. The number of halogens is 1. The molecule has 5 heteroatoms. The average Bonchev–Trinajstić information content (AvgIpc) is 2.93. The summed E-state index contributed by atoms with van der Waals surface area (Å²) in [4.78, 5) is 29.3. The van der Waals surface area contributed by atoms with Crippen molar-refractivity contribution in [1.82, 2.24) is 10.2 Å². The van der Waals surface area contributed by atoms with Crippen molar-refractivity contribution in [2.45, 2.75) is 45.7 Å². The van der Waals surface area contributed by atoms with Gasteiger partial charge in [-0.3, -0.25) is 9.59 Å². The van der Waals surface area contributed by atoms with Gasteiger partial charge >= 0.3 is 0 Å². The number of amides is 2. The number of carbonyl (C=O) groups excluding carboxylic acids is 2. The van der Waals surface area contributed by atoms with E-state index in [9.17, 15) is 9.59 Å². The summed E-state index contributed by atoms with van der Waals surface area (Å²) >= 11 is 3.50. The summed E-state index contributed by atoms with van der Waals surface area (Å²) in [5.41, 5.74) is 3.16. The van der Waals surface area contributed by atoms with Crippen molar-refractivity contribution >= 4 is 38.5 Å². The predicted octanol–water partition coefficient (Wildman–Crippen LogP) is 6.95. The van der Waals surface area contributed by atoms with Gasteiger partial charge in [0.15, 0.2) is 0 Å². The fourth-order valence-corrected chi connectivity index (χ4v) is 4.92. The molecule has 0 aromatic heterocycles. The molecular formula is C33H35BrN2O2. The number of rotatable bonds is 11. The van der Waals surface area contributed by atoms with Crippen LogP contribution < -0.4 is 5.32 Å². The summed E-state index contributed by atoms with van der Waals surface area (Å²) in [6, 6.07) is 31.7. The lowest BCUT2D eigenvalue weighted by atomic mass is 9.99. The minimum Gasteiger partial charge on any atom is -0.354 e. The van der Waals surface area contributed by atoms with Crippen molar-refractivity contribution in [2.24, 2.45) is 5.92 Å². The Kier molecular flexibility index (Phi) is 9.72. The standard InChI is InChI=1S/C33H35BrN2O2/c1-24(2)22-35-33(38)31(21-25-9-4-3-5-10-25)36(23-26-15-18-29(34)19-16-26)32(37)20-17-28-13-8-12-27-11-6-7-14-30(27)28/h3-16,18-19,24,31H,17,20-23H2,1-2H3,(H,35,38)/t31-/m0/s1. The second kappa shape index (κ2) is 13.4. The molecule has 4 nitrogen and oxygen atoms in total. The molecule has 0 bridgehead atoms. The van der Waals surface area contributed by atoms with Crippen molar-refractivity contribution in [3.63, 3.8) is 0 Å². The van der Waals surface area contributed by atoms with Gasteiger partial charge in [0, 0.05) is 30.4 Å². The van der Waals surface area contributed by atoms with Crippen LogP contribution >= 0.6 is 15.9 Å². The van der Waals surface area contributed by atoms with Gasteiger partial charge in [0.2, 0.25) is 11.8 Å². The maximum absolute atomic E-state index is 13.9. The average molecular weight is 572 g/mol. The van der Waals surface area contributed by atoms with Crippen molar-refractivity contribution < 1.29 is 9.59 Å². The van der Waals surface area contributed by atoms with Crippen LogP contribution in [0.15, 0.2) is 102 Å². The second-order valence-corrected chi connectivity index (χ2v) is 11.0. The molecule has 0 aliphatic heterocycles. The quantitative estimate of drug-likeness (QED) is 0.212. The number of aryl methyl sites for hydroxylation is 1. The normalized spacial score (nSPS) is 11.9. The van der Waals surface area contributed by atoms with Crippen LogP contribution in [0.1, 0.15) is 37.0 Å². The van der Waals surface area contributed by atoms with E-state index < -0.39 is 6.04 Å². The SMILES string of the molecule is CC(C)CNC(=O)[C@H](Cc1ccccc1)N(Cc1ccc(Br)cc1)C(=O)CCc1cccc2ccccc12. The molecular weight excluding hydrogens is 536 g/mol. The zero-order chi connectivity index (χ0) is 26.9. The third kappa shape index (κ3) is 7.55. The van der Waals surface area contributed by atoms with Gasteiger partial charge < -0.3 is 10.2 Å². The lowest BCUT2D eigenvalue weighted by Gasteiger charge is -2.32. The van der Waals surface area contributed by atoms with E-state index in [2.05, 4.69) is 59.4 Å². The largest absolute Gasteiger partial charge is 0.354 e. The van der Waals surface area contributed by atoms with Crippen molar-refractivity contribution in [1.29, 1.82) is 0 Å². The molecule has 4 aromatic carbocycles. The van der Waals surface area contributed by atoms with E-state index in [0.29, 0.717) is 38.3 Å². The molecule has 38 heavy (non-hydrogen) atoms. The van der Waals surface area contributed by atoms with Crippen molar-refractivity contribution in [3.05, 3.63) is 118 Å². The third-order valence-corrected chi connectivity index (χ3v) is 7.24. The number of nitrogens with zero attached hydrogens (tertiary/aromatic N) is 1. The molecule has 0 saturated heterocycles. The van der Waals surface area contributed by atoms with Crippen molar-refractivity contribution in [3.8, 4) is 0 Å². The molecule has 0 spiro atoms. The minimum absolute atomic E-state index is 0.0264. The number of fused-ring (bicyclic) bond motifs is 1. The Morgan fingerprint density at radius 1 is 0.816 bits per heavy atom. The first-order valence-corrected chi connectivity index (χ1v) is 14.0. The van der Waals surface area contributed by atoms with Crippen LogP contribution in [0.3, 0.4) is 0 Å². The molecule has 0 aliphatic rings. The van der Waals surface area contributed by atoms with Crippen LogP contribution in [-0.2, 0) is 29.0 Å². The summed E-state index contributed by atoms with van der Waals surface area (Å²) < 4.78 is 0.977. The predicted molar refractivity (Wildman–Crippen MR) is 159 cm³/mol. The summed E-state index contributed by atoms with van der Waals surface area (Å²) in [5, 5.41) is 5.42. The van der Waals surface area contributed by atoms with Crippen LogP contribution in [0.25, 0.3) is 10.8 Å². The van der Waals surface area contributed by atoms with E-state index in [1.165, 1.54) is 5.39 Å². The third-order valence-electron chi connectivity index (χ3n) is 6.71. The molecule has 4 rings (SSSR count). The minimum atomic E-state index is -0.611. The van der Waals surface area contributed by atoms with Gasteiger partial charge in [0.25, 0.3) is 0 Å². The van der Waals surface area contributed by atoms with E-state index in [0.717, 1.165) is 26.5 Å². The van der Waals surface area contributed by atoms with E-state index >= 15 is 0 Å². The Labute approximate surface area is 234 Å². The molecule has 196 valence electrons.